The summed E-state index contributed by atoms with van der Waals surface area (Å²) < 4.78 is 0. The number of aliphatic hydroxyl groups is 1. The molecule has 1 fully saturated rings. The van der Waals surface area contributed by atoms with Crippen LogP contribution in [0.3, 0.4) is 0 Å². The number of rotatable bonds is 4. The maximum absolute atomic E-state index is 12.8. The maximum Gasteiger partial charge on any atom is 0.227 e. The second kappa shape index (κ2) is 7.93. The van der Waals surface area contributed by atoms with Crippen LogP contribution in [0, 0.1) is 5.92 Å². The van der Waals surface area contributed by atoms with E-state index in [9.17, 15) is 9.90 Å². The van der Waals surface area contributed by atoms with E-state index < -0.39 is 6.10 Å². The quantitative estimate of drug-likeness (QED) is 0.752. The van der Waals surface area contributed by atoms with E-state index in [0.717, 1.165) is 42.4 Å². The average Bonchev–Trinajstić information content (AvgIpc) is 2.74. The minimum absolute atomic E-state index is 0.180. The van der Waals surface area contributed by atoms with Crippen molar-refractivity contribution in [3.63, 3.8) is 0 Å². The van der Waals surface area contributed by atoms with Gasteiger partial charge in [0.05, 0.1) is 12.5 Å². The van der Waals surface area contributed by atoms with Gasteiger partial charge in [-0.3, -0.25) is 4.79 Å². The van der Waals surface area contributed by atoms with Crippen molar-refractivity contribution in [2.75, 3.05) is 13.1 Å². The Morgan fingerprint density at radius 2 is 1.59 bits per heavy atom. The van der Waals surface area contributed by atoms with Crippen LogP contribution in [0.4, 0.5) is 0 Å². The van der Waals surface area contributed by atoms with Crippen LogP contribution in [0.25, 0.3) is 10.8 Å². The van der Waals surface area contributed by atoms with Gasteiger partial charge in [0.2, 0.25) is 5.91 Å². The summed E-state index contributed by atoms with van der Waals surface area (Å²) in [7, 11) is 0. The summed E-state index contributed by atoms with van der Waals surface area (Å²) in [6, 6.07) is 24.2. The number of nitrogens with zero attached hydrogens (tertiary/aromatic N) is 1. The van der Waals surface area contributed by atoms with E-state index in [1.807, 2.05) is 59.5 Å². The van der Waals surface area contributed by atoms with Gasteiger partial charge in [-0.1, -0.05) is 72.8 Å². The number of aliphatic hydroxyl groups excluding tert-OH is 1. The standard InChI is InChI=1S/C24H25NO2/c26-23(17-21-11-6-10-18-7-4-5-12-22(18)21)25-15-13-20(14-16-25)24(27)19-8-2-1-3-9-19/h1-12,20,24,27H,13-17H2. The summed E-state index contributed by atoms with van der Waals surface area (Å²) in [5, 5.41) is 12.9. The van der Waals surface area contributed by atoms with Crippen LogP contribution in [0.15, 0.2) is 72.8 Å². The lowest BCUT2D eigenvalue weighted by molar-refractivity contribution is -0.132. The number of carbonyl (C=O) groups excluding carboxylic acids is 1. The number of likely N-dealkylation sites (tertiary alicyclic amines) is 1. The first kappa shape index (κ1) is 17.7. The van der Waals surface area contributed by atoms with Gasteiger partial charge in [-0.2, -0.15) is 0 Å². The highest BCUT2D eigenvalue weighted by atomic mass is 16.3. The van der Waals surface area contributed by atoms with E-state index in [2.05, 4.69) is 18.2 Å². The van der Waals surface area contributed by atoms with Gasteiger partial charge in [-0.05, 0) is 40.7 Å². The lowest BCUT2D eigenvalue weighted by Gasteiger charge is -2.34. The molecule has 0 aromatic heterocycles. The second-order valence-electron chi connectivity index (χ2n) is 7.39. The number of carbonyl (C=O) groups is 1. The molecule has 0 spiro atoms. The summed E-state index contributed by atoms with van der Waals surface area (Å²) in [6.07, 6.45) is 1.68. The maximum atomic E-state index is 12.8. The van der Waals surface area contributed by atoms with Crippen molar-refractivity contribution < 1.29 is 9.90 Å². The smallest absolute Gasteiger partial charge is 0.227 e. The molecular formula is C24H25NO2. The molecule has 1 heterocycles. The van der Waals surface area contributed by atoms with Gasteiger partial charge < -0.3 is 10.0 Å². The van der Waals surface area contributed by atoms with Gasteiger partial charge >= 0.3 is 0 Å². The van der Waals surface area contributed by atoms with Crippen molar-refractivity contribution in [1.29, 1.82) is 0 Å². The molecule has 0 aliphatic carbocycles. The third kappa shape index (κ3) is 3.88. The topological polar surface area (TPSA) is 40.5 Å². The summed E-state index contributed by atoms with van der Waals surface area (Å²) in [5.74, 6) is 0.396. The number of piperidine rings is 1. The third-order valence-electron chi connectivity index (χ3n) is 5.70. The molecule has 138 valence electrons. The molecule has 1 saturated heterocycles. The predicted octanol–water partition coefficient (Wildman–Crippen LogP) is 4.35. The molecule has 1 N–H and O–H groups in total. The highest BCUT2D eigenvalue weighted by molar-refractivity contribution is 5.90. The SMILES string of the molecule is O=C(Cc1cccc2ccccc12)N1CCC(C(O)c2ccccc2)CC1. The lowest BCUT2D eigenvalue weighted by Crippen LogP contribution is -2.40. The fourth-order valence-corrected chi connectivity index (χ4v) is 4.11. The Morgan fingerprint density at radius 3 is 2.37 bits per heavy atom. The molecule has 3 heteroatoms. The summed E-state index contributed by atoms with van der Waals surface area (Å²) in [5.41, 5.74) is 2.06. The van der Waals surface area contributed by atoms with Crippen LogP contribution < -0.4 is 0 Å². The Kier molecular flexibility index (Phi) is 5.21. The first-order chi connectivity index (χ1) is 13.2. The van der Waals surface area contributed by atoms with E-state index in [1.54, 1.807) is 0 Å². The minimum atomic E-state index is -0.443. The zero-order chi connectivity index (χ0) is 18.6. The molecule has 1 aliphatic rings. The zero-order valence-corrected chi connectivity index (χ0v) is 15.4. The number of hydrogen-bond donors (Lipinski definition) is 1. The highest BCUT2D eigenvalue weighted by Gasteiger charge is 2.28. The number of amides is 1. The molecule has 3 aromatic rings. The molecule has 0 saturated carbocycles. The average molecular weight is 359 g/mol. The Labute approximate surface area is 160 Å². The number of benzene rings is 3. The van der Waals surface area contributed by atoms with E-state index in [4.69, 9.17) is 0 Å². The van der Waals surface area contributed by atoms with Crippen LogP contribution in [-0.4, -0.2) is 29.0 Å². The van der Waals surface area contributed by atoms with Crippen LogP contribution in [0.1, 0.15) is 30.1 Å². The zero-order valence-electron chi connectivity index (χ0n) is 15.4. The fourth-order valence-electron chi connectivity index (χ4n) is 4.11. The molecular weight excluding hydrogens is 334 g/mol. The van der Waals surface area contributed by atoms with Crippen molar-refractivity contribution in [2.24, 2.45) is 5.92 Å². The van der Waals surface area contributed by atoms with Gasteiger partial charge in [0.15, 0.2) is 0 Å². The van der Waals surface area contributed by atoms with E-state index in [0.29, 0.717) is 6.42 Å². The number of fused-ring (bicyclic) bond motifs is 1. The predicted molar refractivity (Wildman–Crippen MR) is 108 cm³/mol. The summed E-state index contributed by atoms with van der Waals surface area (Å²) >= 11 is 0. The molecule has 0 bridgehead atoms. The van der Waals surface area contributed by atoms with Crippen LogP contribution in [-0.2, 0) is 11.2 Å². The summed E-state index contributed by atoms with van der Waals surface area (Å²) in [6.45, 7) is 1.44. The van der Waals surface area contributed by atoms with Crippen molar-refractivity contribution in [1.82, 2.24) is 4.90 Å². The largest absolute Gasteiger partial charge is 0.388 e. The molecule has 3 aromatic carbocycles. The van der Waals surface area contributed by atoms with Crippen LogP contribution in [0.5, 0.6) is 0 Å². The Bertz CT molecular complexity index is 909. The normalized spacial score (nSPS) is 16.4. The Hall–Kier alpha value is -2.65. The van der Waals surface area contributed by atoms with E-state index in [1.165, 1.54) is 5.39 Å². The molecule has 0 radical (unpaired) electrons. The van der Waals surface area contributed by atoms with E-state index >= 15 is 0 Å². The Morgan fingerprint density at radius 1 is 0.926 bits per heavy atom. The molecule has 4 rings (SSSR count). The summed E-state index contributed by atoms with van der Waals surface area (Å²) in [4.78, 5) is 14.8. The van der Waals surface area contributed by atoms with Crippen molar-refractivity contribution >= 4 is 16.7 Å². The minimum Gasteiger partial charge on any atom is -0.388 e. The first-order valence-corrected chi connectivity index (χ1v) is 9.70. The molecule has 27 heavy (non-hydrogen) atoms. The van der Waals surface area contributed by atoms with Gasteiger partial charge in [0, 0.05) is 13.1 Å². The van der Waals surface area contributed by atoms with E-state index in [-0.39, 0.29) is 11.8 Å². The molecule has 1 aliphatic heterocycles. The van der Waals surface area contributed by atoms with Crippen molar-refractivity contribution in [3.05, 3.63) is 83.9 Å². The number of hydrogen-bond acceptors (Lipinski definition) is 2. The third-order valence-corrected chi connectivity index (χ3v) is 5.70. The van der Waals surface area contributed by atoms with Gasteiger partial charge in [-0.15, -0.1) is 0 Å². The Balaban J connectivity index is 1.39. The van der Waals surface area contributed by atoms with Crippen LogP contribution in [0.2, 0.25) is 0 Å². The molecule has 1 amide bonds. The van der Waals surface area contributed by atoms with Crippen molar-refractivity contribution in [2.45, 2.75) is 25.4 Å². The monoisotopic (exact) mass is 359 g/mol. The molecule has 1 atom stereocenters. The van der Waals surface area contributed by atoms with Gasteiger partial charge in [0.25, 0.3) is 0 Å². The lowest BCUT2D eigenvalue weighted by atomic mass is 9.87. The first-order valence-electron chi connectivity index (χ1n) is 9.70. The van der Waals surface area contributed by atoms with Crippen molar-refractivity contribution in [3.8, 4) is 0 Å². The molecule has 3 nitrogen and oxygen atoms in total. The van der Waals surface area contributed by atoms with Gasteiger partial charge in [-0.25, -0.2) is 0 Å². The molecule has 1 unspecified atom stereocenters. The van der Waals surface area contributed by atoms with Gasteiger partial charge in [0.1, 0.15) is 0 Å². The fraction of sp³-hybridized carbons (Fsp3) is 0.292. The second-order valence-corrected chi connectivity index (χ2v) is 7.39. The van der Waals surface area contributed by atoms with Crippen LogP contribution >= 0.6 is 0 Å². The highest BCUT2D eigenvalue weighted by Crippen LogP contribution is 2.31.